The SMILES string of the molecule is CC(C)c1nc(Cl)c(N)c(NC2CC2)n1. The molecule has 0 aromatic carbocycles. The fraction of sp³-hybridized carbons (Fsp3) is 0.600. The molecule has 3 N–H and O–H groups in total. The van der Waals surface area contributed by atoms with Gasteiger partial charge in [-0.15, -0.1) is 0 Å². The molecule has 1 aliphatic carbocycles. The number of hydrogen-bond acceptors (Lipinski definition) is 4. The normalized spacial score (nSPS) is 15.7. The fourth-order valence-electron chi connectivity index (χ4n) is 1.25. The maximum absolute atomic E-state index is 5.95. The molecule has 1 heterocycles. The zero-order valence-corrected chi connectivity index (χ0v) is 9.67. The lowest BCUT2D eigenvalue weighted by Crippen LogP contribution is -2.10. The Kier molecular flexibility index (Phi) is 2.69. The van der Waals surface area contributed by atoms with Crippen LogP contribution in [0.3, 0.4) is 0 Å². The van der Waals surface area contributed by atoms with Crippen LogP contribution < -0.4 is 11.1 Å². The van der Waals surface area contributed by atoms with Crippen molar-refractivity contribution in [2.75, 3.05) is 11.1 Å². The molecular formula is C10H15ClN4. The molecule has 0 aliphatic heterocycles. The summed E-state index contributed by atoms with van der Waals surface area (Å²) in [7, 11) is 0. The van der Waals surface area contributed by atoms with E-state index in [1.165, 1.54) is 12.8 Å². The average molecular weight is 227 g/mol. The summed E-state index contributed by atoms with van der Waals surface area (Å²) in [5.74, 6) is 1.67. The molecule has 1 aliphatic rings. The van der Waals surface area contributed by atoms with E-state index in [2.05, 4.69) is 15.3 Å². The second-order valence-corrected chi connectivity index (χ2v) is 4.57. The Bertz CT molecular complexity index is 374. The smallest absolute Gasteiger partial charge is 0.157 e. The average Bonchev–Trinajstić information content (AvgIpc) is 2.96. The molecule has 0 amide bonds. The number of hydrogen-bond donors (Lipinski definition) is 2. The van der Waals surface area contributed by atoms with Gasteiger partial charge in [-0.3, -0.25) is 0 Å². The minimum Gasteiger partial charge on any atom is -0.393 e. The molecule has 15 heavy (non-hydrogen) atoms. The highest BCUT2D eigenvalue weighted by atomic mass is 35.5. The standard InChI is InChI=1S/C10H15ClN4/c1-5(2)9-14-8(11)7(12)10(15-9)13-6-3-4-6/h5-6H,3-4,12H2,1-2H3,(H,13,14,15). The van der Waals surface area contributed by atoms with Gasteiger partial charge in [0.05, 0.1) is 0 Å². The molecule has 0 unspecified atom stereocenters. The van der Waals surface area contributed by atoms with Crippen LogP contribution in [0.2, 0.25) is 5.15 Å². The molecule has 1 aromatic heterocycles. The first-order valence-corrected chi connectivity index (χ1v) is 5.55. The zero-order chi connectivity index (χ0) is 11.0. The van der Waals surface area contributed by atoms with Crippen LogP contribution in [0.25, 0.3) is 0 Å². The third kappa shape index (κ3) is 2.31. The summed E-state index contributed by atoms with van der Waals surface area (Å²) in [6.07, 6.45) is 2.36. The third-order valence-corrected chi connectivity index (χ3v) is 2.64. The number of nitrogen functional groups attached to an aromatic ring is 1. The second-order valence-electron chi connectivity index (χ2n) is 4.21. The van der Waals surface area contributed by atoms with Crippen LogP contribution in [0.1, 0.15) is 38.4 Å². The Morgan fingerprint density at radius 1 is 1.40 bits per heavy atom. The molecule has 0 bridgehead atoms. The molecule has 82 valence electrons. The molecule has 2 rings (SSSR count). The highest BCUT2D eigenvalue weighted by Gasteiger charge is 2.23. The first-order valence-electron chi connectivity index (χ1n) is 5.17. The van der Waals surface area contributed by atoms with Gasteiger partial charge in [-0.25, -0.2) is 9.97 Å². The number of halogens is 1. The molecule has 0 radical (unpaired) electrons. The lowest BCUT2D eigenvalue weighted by atomic mass is 10.2. The Labute approximate surface area is 94.2 Å². The van der Waals surface area contributed by atoms with E-state index in [9.17, 15) is 0 Å². The van der Waals surface area contributed by atoms with Gasteiger partial charge >= 0.3 is 0 Å². The highest BCUT2D eigenvalue weighted by molar-refractivity contribution is 6.32. The van der Waals surface area contributed by atoms with Crippen LogP contribution in [0.5, 0.6) is 0 Å². The first kappa shape index (κ1) is 10.5. The first-order chi connectivity index (χ1) is 7.08. The van der Waals surface area contributed by atoms with Crippen LogP contribution in [-0.4, -0.2) is 16.0 Å². The highest BCUT2D eigenvalue weighted by Crippen LogP contribution is 2.30. The van der Waals surface area contributed by atoms with E-state index >= 15 is 0 Å². The quantitative estimate of drug-likeness (QED) is 0.777. The van der Waals surface area contributed by atoms with E-state index in [-0.39, 0.29) is 5.92 Å². The van der Waals surface area contributed by atoms with Gasteiger partial charge in [0.15, 0.2) is 11.0 Å². The molecule has 1 aromatic rings. The van der Waals surface area contributed by atoms with Crippen LogP contribution in [0.15, 0.2) is 0 Å². The van der Waals surface area contributed by atoms with Gasteiger partial charge in [0.2, 0.25) is 0 Å². The predicted molar refractivity (Wildman–Crippen MR) is 62.2 cm³/mol. The zero-order valence-electron chi connectivity index (χ0n) is 8.92. The van der Waals surface area contributed by atoms with Gasteiger partial charge < -0.3 is 11.1 Å². The summed E-state index contributed by atoms with van der Waals surface area (Å²) in [5, 5.41) is 3.60. The number of nitrogens with two attached hydrogens (primary N) is 1. The summed E-state index contributed by atoms with van der Waals surface area (Å²) >= 11 is 5.95. The summed E-state index contributed by atoms with van der Waals surface area (Å²) in [5.41, 5.74) is 6.26. The van der Waals surface area contributed by atoms with E-state index < -0.39 is 0 Å². The topological polar surface area (TPSA) is 63.8 Å². The van der Waals surface area contributed by atoms with E-state index in [0.717, 1.165) is 5.82 Å². The van der Waals surface area contributed by atoms with Crippen molar-refractivity contribution in [1.82, 2.24) is 9.97 Å². The third-order valence-electron chi connectivity index (χ3n) is 2.35. The molecule has 0 atom stereocenters. The maximum atomic E-state index is 5.95. The monoisotopic (exact) mass is 226 g/mol. The van der Waals surface area contributed by atoms with Crippen molar-refractivity contribution >= 4 is 23.1 Å². The second kappa shape index (κ2) is 3.85. The van der Waals surface area contributed by atoms with Crippen molar-refractivity contribution in [2.24, 2.45) is 0 Å². The van der Waals surface area contributed by atoms with Gasteiger partial charge in [-0.05, 0) is 12.8 Å². The van der Waals surface area contributed by atoms with Gasteiger partial charge in [0, 0.05) is 12.0 Å². The number of anilines is 2. The Balaban J connectivity index is 2.32. The summed E-state index contributed by atoms with van der Waals surface area (Å²) in [4.78, 5) is 8.53. The van der Waals surface area contributed by atoms with Crippen molar-refractivity contribution in [3.63, 3.8) is 0 Å². The molecule has 1 fully saturated rings. The van der Waals surface area contributed by atoms with E-state index in [1.807, 2.05) is 13.8 Å². The van der Waals surface area contributed by atoms with Crippen LogP contribution in [-0.2, 0) is 0 Å². The number of rotatable bonds is 3. The van der Waals surface area contributed by atoms with Crippen molar-refractivity contribution in [2.45, 2.75) is 38.6 Å². The van der Waals surface area contributed by atoms with Gasteiger partial charge in [-0.1, -0.05) is 25.4 Å². The van der Waals surface area contributed by atoms with Gasteiger partial charge in [-0.2, -0.15) is 0 Å². The van der Waals surface area contributed by atoms with E-state index in [1.54, 1.807) is 0 Å². The van der Waals surface area contributed by atoms with E-state index in [4.69, 9.17) is 17.3 Å². The number of nitrogens with zero attached hydrogens (tertiary/aromatic N) is 2. The summed E-state index contributed by atoms with van der Waals surface area (Å²) < 4.78 is 0. The van der Waals surface area contributed by atoms with Crippen LogP contribution in [0.4, 0.5) is 11.5 Å². The largest absolute Gasteiger partial charge is 0.393 e. The Morgan fingerprint density at radius 2 is 2.07 bits per heavy atom. The lowest BCUT2D eigenvalue weighted by molar-refractivity contribution is 0.775. The maximum Gasteiger partial charge on any atom is 0.157 e. The van der Waals surface area contributed by atoms with E-state index in [0.29, 0.717) is 22.7 Å². The van der Waals surface area contributed by atoms with Crippen molar-refractivity contribution in [3.8, 4) is 0 Å². The van der Waals surface area contributed by atoms with Crippen LogP contribution >= 0.6 is 11.6 Å². The number of aromatic nitrogens is 2. The molecule has 0 saturated heterocycles. The van der Waals surface area contributed by atoms with Gasteiger partial charge in [0.25, 0.3) is 0 Å². The van der Waals surface area contributed by atoms with Crippen molar-refractivity contribution in [1.29, 1.82) is 0 Å². The fourth-order valence-corrected chi connectivity index (χ4v) is 1.42. The summed E-state index contributed by atoms with van der Waals surface area (Å²) in [6, 6.07) is 0.512. The molecule has 4 nitrogen and oxygen atoms in total. The molecule has 1 saturated carbocycles. The predicted octanol–water partition coefficient (Wildman–Crippen LogP) is 2.41. The molecule has 5 heteroatoms. The Hall–Kier alpha value is -1.03. The minimum atomic E-state index is 0.253. The van der Waals surface area contributed by atoms with Crippen molar-refractivity contribution < 1.29 is 0 Å². The molecule has 0 spiro atoms. The van der Waals surface area contributed by atoms with Gasteiger partial charge in [0.1, 0.15) is 11.5 Å². The van der Waals surface area contributed by atoms with Crippen molar-refractivity contribution in [3.05, 3.63) is 11.0 Å². The lowest BCUT2D eigenvalue weighted by Gasteiger charge is -2.11. The minimum absolute atomic E-state index is 0.253. The molecular weight excluding hydrogens is 212 g/mol. The summed E-state index contributed by atoms with van der Waals surface area (Å²) in [6.45, 7) is 4.06. The van der Waals surface area contributed by atoms with Crippen LogP contribution in [0, 0.1) is 0 Å². The Morgan fingerprint density at radius 3 is 2.60 bits per heavy atom. The number of nitrogens with one attached hydrogen (secondary N) is 1.